The molecule has 20 heavy (non-hydrogen) atoms. The SMILES string of the molecule is CCOC(=O)/C=C/Oc1c(CBr)cccc1C(C)(C)C. The molecule has 0 aliphatic rings. The van der Waals surface area contributed by atoms with E-state index in [1.165, 1.54) is 12.3 Å². The Bertz CT molecular complexity index is 487. The lowest BCUT2D eigenvalue weighted by molar-refractivity contribution is -0.137. The molecule has 1 rings (SSSR count). The van der Waals surface area contributed by atoms with Crippen LogP contribution in [0, 0.1) is 0 Å². The number of ether oxygens (including phenoxy) is 2. The summed E-state index contributed by atoms with van der Waals surface area (Å²) in [6.45, 7) is 8.51. The van der Waals surface area contributed by atoms with E-state index in [0.717, 1.165) is 16.9 Å². The number of halogens is 1. The highest BCUT2D eigenvalue weighted by Crippen LogP contribution is 2.35. The normalized spacial score (nSPS) is 11.7. The van der Waals surface area contributed by atoms with E-state index in [9.17, 15) is 4.79 Å². The second-order valence-corrected chi connectivity index (χ2v) is 5.91. The van der Waals surface area contributed by atoms with Crippen molar-refractivity contribution in [1.29, 1.82) is 0 Å². The Morgan fingerprint density at radius 2 is 2.05 bits per heavy atom. The molecule has 0 fully saturated rings. The van der Waals surface area contributed by atoms with Gasteiger partial charge in [-0.2, -0.15) is 0 Å². The zero-order valence-corrected chi connectivity index (χ0v) is 14.0. The highest BCUT2D eigenvalue weighted by atomic mass is 79.9. The third kappa shape index (κ3) is 4.67. The molecule has 0 amide bonds. The molecule has 4 heteroatoms. The lowest BCUT2D eigenvalue weighted by Crippen LogP contribution is -2.13. The van der Waals surface area contributed by atoms with Gasteiger partial charge >= 0.3 is 5.97 Å². The Balaban J connectivity index is 3.00. The maximum Gasteiger partial charge on any atom is 0.333 e. The third-order valence-electron chi connectivity index (χ3n) is 2.73. The summed E-state index contributed by atoms with van der Waals surface area (Å²) < 4.78 is 10.5. The van der Waals surface area contributed by atoms with Gasteiger partial charge in [0.2, 0.25) is 0 Å². The van der Waals surface area contributed by atoms with Crippen LogP contribution >= 0.6 is 15.9 Å². The first-order valence-corrected chi connectivity index (χ1v) is 7.70. The molecule has 0 aliphatic heterocycles. The molecule has 0 atom stereocenters. The largest absolute Gasteiger partial charge is 0.464 e. The topological polar surface area (TPSA) is 35.5 Å². The fourth-order valence-electron chi connectivity index (χ4n) is 1.77. The Morgan fingerprint density at radius 1 is 1.35 bits per heavy atom. The van der Waals surface area contributed by atoms with Crippen molar-refractivity contribution in [3.63, 3.8) is 0 Å². The molecule has 0 aliphatic carbocycles. The Kier molecular flexibility index (Phi) is 6.27. The lowest BCUT2D eigenvalue weighted by Gasteiger charge is -2.23. The van der Waals surface area contributed by atoms with Crippen molar-refractivity contribution in [2.75, 3.05) is 6.61 Å². The summed E-state index contributed by atoms with van der Waals surface area (Å²) in [6.07, 6.45) is 2.68. The van der Waals surface area contributed by atoms with E-state index in [0.29, 0.717) is 11.9 Å². The van der Waals surface area contributed by atoms with Crippen LogP contribution in [0.2, 0.25) is 0 Å². The van der Waals surface area contributed by atoms with Gasteiger partial charge in [-0.1, -0.05) is 54.9 Å². The highest BCUT2D eigenvalue weighted by Gasteiger charge is 2.20. The summed E-state index contributed by atoms with van der Waals surface area (Å²) in [6, 6.07) is 6.05. The van der Waals surface area contributed by atoms with Gasteiger partial charge in [-0.05, 0) is 12.3 Å². The number of hydrogen-bond acceptors (Lipinski definition) is 3. The van der Waals surface area contributed by atoms with E-state index in [-0.39, 0.29) is 5.41 Å². The number of esters is 1. The van der Waals surface area contributed by atoms with Crippen molar-refractivity contribution in [1.82, 2.24) is 0 Å². The fourth-order valence-corrected chi connectivity index (χ4v) is 2.21. The maximum atomic E-state index is 11.3. The van der Waals surface area contributed by atoms with Gasteiger partial charge in [-0.15, -0.1) is 0 Å². The first kappa shape index (κ1) is 16.8. The first-order chi connectivity index (χ1) is 9.40. The summed E-state index contributed by atoms with van der Waals surface area (Å²) in [7, 11) is 0. The number of alkyl halides is 1. The molecule has 0 heterocycles. The molecule has 110 valence electrons. The van der Waals surface area contributed by atoms with Crippen LogP contribution in [0.1, 0.15) is 38.8 Å². The Hall–Kier alpha value is -1.29. The number of benzene rings is 1. The zero-order chi connectivity index (χ0) is 15.2. The van der Waals surface area contributed by atoms with Crippen molar-refractivity contribution in [3.05, 3.63) is 41.7 Å². The fraction of sp³-hybridized carbons (Fsp3) is 0.438. The number of rotatable bonds is 5. The molecule has 0 N–H and O–H groups in total. The second kappa shape index (κ2) is 7.48. The standard InChI is InChI=1S/C16H21BrO3/c1-5-19-14(18)9-10-20-15-12(11-17)7-6-8-13(15)16(2,3)4/h6-10H,5,11H2,1-4H3/b10-9+. The van der Waals surface area contributed by atoms with Gasteiger partial charge < -0.3 is 9.47 Å². The van der Waals surface area contributed by atoms with E-state index >= 15 is 0 Å². The average Bonchev–Trinajstić information content (AvgIpc) is 2.38. The predicted molar refractivity (Wildman–Crippen MR) is 84.2 cm³/mol. The average molecular weight is 341 g/mol. The minimum absolute atomic E-state index is 0.0364. The minimum Gasteiger partial charge on any atom is -0.464 e. The predicted octanol–water partition coefficient (Wildman–Crippen LogP) is 4.33. The maximum absolute atomic E-state index is 11.3. The van der Waals surface area contributed by atoms with Gasteiger partial charge in [0.25, 0.3) is 0 Å². The summed E-state index contributed by atoms with van der Waals surface area (Å²) >= 11 is 3.46. The van der Waals surface area contributed by atoms with E-state index in [4.69, 9.17) is 9.47 Å². The van der Waals surface area contributed by atoms with Crippen molar-refractivity contribution in [2.45, 2.75) is 38.4 Å². The van der Waals surface area contributed by atoms with E-state index in [2.05, 4.69) is 36.7 Å². The van der Waals surface area contributed by atoms with E-state index in [1.807, 2.05) is 18.2 Å². The van der Waals surface area contributed by atoms with Crippen LogP contribution in [0.4, 0.5) is 0 Å². The van der Waals surface area contributed by atoms with Crippen molar-refractivity contribution in [3.8, 4) is 5.75 Å². The Morgan fingerprint density at radius 3 is 2.60 bits per heavy atom. The molecule has 0 saturated carbocycles. The molecule has 3 nitrogen and oxygen atoms in total. The number of hydrogen-bond donors (Lipinski definition) is 0. The summed E-state index contributed by atoms with van der Waals surface area (Å²) in [5, 5.41) is 0.694. The lowest BCUT2D eigenvalue weighted by atomic mass is 9.85. The van der Waals surface area contributed by atoms with E-state index < -0.39 is 5.97 Å². The molecule has 0 spiro atoms. The molecule has 0 bridgehead atoms. The quantitative estimate of drug-likeness (QED) is 0.346. The van der Waals surface area contributed by atoms with Crippen LogP contribution in [-0.2, 0) is 20.3 Å². The molecule has 1 aromatic carbocycles. The first-order valence-electron chi connectivity index (χ1n) is 6.58. The molecular weight excluding hydrogens is 320 g/mol. The number of para-hydroxylation sites is 1. The van der Waals surface area contributed by atoms with Crippen LogP contribution in [-0.4, -0.2) is 12.6 Å². The van der Waals surface area contributed by atoms with Crippen LogP contribution < -0.4 is 4.74 Å². The minimum atomic E-state index is -0.402. The van der Waals surface area contributed by atoms with Crippen LogP contribution in [0.5, 0.6) is 5.75 Å². The second-order valence-electron chi connectivity index (χ2n) is 5.35. The zero-order valence-electron chi connectivity index (χ0n) is 12.4. The monoisotopic (exact) mass is 340 g/mol. The van der Waals surface area contributed by atoms with Crippen molar-refractivity contribution < 1.29 is 14.3 Å². The van der Waals surface area contributed by atoms with E-state index in [1.54, 1.807) is 6.92 Å². The van der Waals surface area contributed by atoms with Crippen LogP contribution in [0.25, 0.3) is 0 Å². The van der Waals surface area contributed by atoms with Gasteiger partial charge in [-0.25, -0.2) is 4.79 Å². The summed E-state index contributed by atoms with van der Waals surface area (Å²) in [5.41, 5.74) is 2.11. The van der Waals surface area contributed by atoms with Crippen molar-refractivity contribution >= 4 is 21.9 Å². The molecule has 0 aromatic heterocycles. The van der Waals surface area contributed by atoms with Gasteiger partial charge in [0.1, 0.15) is 5.75 Å². The van der Waals surface area contributed by atoms with Crippen LogP contribution in [0.15, 0.2) is 30.5 Å². The van der Waals surface area contributed by atoms with Gasteiger partial charge in [0.05, 0.1) is 18.9 Å². The number of carbonyl (C=O) groups excluding carboxylic acids is 1. The number of carbonyl (C=O) groups is 1. The molecular formula is C16H21BrO3. The van der Waals surface area contributed by atoms with Crippen LogP contribution in [0.3, 0.4) is 0 Å². The Labute approximate surface area is 129 Å². The third-order valence-corrected chi connectivity index (χ3v) is 3.33. The summed E-state index contributed by atoms with van der Waals surface area (Å²) in [5.74, 6) is 0.388. The molecule has 0 unspecified atom stereocenters. The summed E-state index contributed by atoms with van der Waals surface area (Å²) in [4.78, 5) is 11.3. The molecule has 0 saturated heterocycles. The van der Waals surface area contributed by atoms with Crippen molar-refractivity contribution in [2.24, 2.45) is 0 Å². The molecule has 1 aromatic rings. The highest BCUT2D eigenvalue weighted by molar-refractivity contribution is 9.08. The molecule has 0 radical (unpaired) electrons. The van der Waals surface area contributed by atoms with Gasteiger partial charge in [0, 0.05) is 16.5 Å². The smallest absolute Gasteiger partial charge is 0.333 e. The van der Waals surface area contributed by atoms with Gasteiger partial charge in [0.15, 0.2) is 0 Å². The van der Waals surface area contributed by atoms with Gasteiger partial charge in [-0.3, -0.25) is 0 Å².